The Balaban J connectivity index is 2.62. The zero-order valence-electron chi connectivity index (χ0n) is 10.3. The Morgan fingerprint density at radius 1 is 1.22 bits per heavy atom. The number of nitrogens with zero attached hydrogens (tertiary/aromatic N) is 2. The summed E-state index contributed by atoms with van der Waals surface area (Å²) in [6.07, 6.45) is 0.699. The molecule has 6 heteroatoms. The smallest absolute Gasteiger partial charge is 0.261 e. The van der Waals surface area contributed by atoms with Crippen molar-refractivity contribution in [2.75, 3.05) is 14.2 Å². The van der Waals surface area contributed by atoms with E-state index in [2.05, 4.69) is 10.1 Å². The number of aldehydes is 1. The van der Waals surface area contributed by atoms with Crippen molar-refractivity contribution < 1.29 is 18.8 Å². The Labute approximate surface area is 104 Å². The number of benzene rings is 1. The average Bonchev–Trinajstić information content (AvgIpc) is 2.83. The van der Waals surface area contributed by atoms with Crippen LogP contribution in [0.2, 0.25) is 0 Å². The Morgan fingerprint density at radius 2 is 1.94 bits per heavy atom. The zero-order valence-corrected chi connectivity index (χ0v) is 10.3. The van der Waals surface area contributed by atoms with Crippen LogP contribution < -0.4 is 9.47 Å². The van der Waals surface area contributed by atoms with Crippen molar-refractivity contribution in [2.24, 2.45) is 0 Å². The first-order valence-electron chi connectivity index (χ1n) is 5.21. The number of carbonyl (C=O) groups is 1. The number of ether oxygens (including phenoxy) is 2. The maximum atomic E-state index is 11.0. The van der Waals surface area contributed by atoms with Crippen LogP contribution >= 0.6 is 0 Å². The first-order chi connectivity index (χ1) is 8.69. The molecule has 0 aliphatic heterocycles. The quantitative estimate of drug-likeness (QED) is 0.769. The van der Waals surface area contributed by atoms with Gasteiger partial charge in [0.05, 0.1) is 25.3 Å². The molecular formula is C12H12N2O4. The molecular weight excluding hydrogens is 236 g/mol. The van der Waals surface area contributed by atoms with E-state index >= 15 is 0 Å². The molecule has 1 heterocycles. The summed E-state index contributed by atoms with van der Waals surface area (Å²) in [5, 5.41) is 3.71. The first kappa shape index (κ1) is 12.1. The molecule has 0 atom stereocenters. The minimum absolute atomic E-state index is 0.301. The van der Waals surface area contributed by atoms with Crippen molar-refractivity contribution in [3.63, 3.8) is 0 Å². The van der Waals surface area contributed by atoms with E-state index in [1.54, 1.807) is 19.1 Å². The van der Waals surface area contributed by atoms with Gasteiger partial charge < -0.3 is 14.0 Å². The summed E-state index contributed by atoms with van der Waals surface area (Å²) in [7, 11) is 3.00. The highest BCUT2D eigenvalue weighted by Crippen LogP contribution is 2.34. The number of methoxy groups -OCH3 is 2. The number of hydrogen-bond donors (Lipinski definition) is 0. The molecule has 0 saturated carbocycles. The number of carbonyl (C=O) groups excluding carboxylic acids is 1. The fraction of sp³-hybridized carbons (Fsp3) is 0.250. The Hall–Kier alpha value is -2.37. The van der Waals surface area contributed by atoms with Crippen molar-refractivity contribution in [3.05, 3.63) is 23.5 Å². The number of aryl methyl sites for hydroxylation is 1. The van der Waals surface area contributed by atoms with E-state index in [1.807, 2.05) is 0 Å². The lowest BCUT2D eigenvalue weighted by molar-refractivity contribution is 0.112. The van der Waals surface area contributed by atoms with E-state index < -0.39 is 0 Å². The van der Waals surface area contributed by atoms with Crippen LogP contribution in [-0.2, 0) is 0 Å². The van der Waals surface area contributed by atoms with Crippen LogP contribution in [0.5, 0.6) is 11.5 Å². The minimum atomic E-state index is 0.301. The summed E-state index contributed by atoms with van der Waals surface area (Å²) < 4.78 is 15.4. The first-order valence-corrected chi connectivity index (χ1v) is 5.21. The van der Waals surface area contributed by atoms with Crippen LogP contribution in [0.1, 0.15) is 16.2 Å². The standard InChI is InChI=1S/C12H12N2O4/c1-7-13-12(18-14-7)9-4-8(6-15)10(16-2)5-11(9)17-3/h4-6H,1-3H3. The Morgan fingerprint density at radius 3 is 2.44 bits per heavy atom. The Kier molecular flexibility index (Phi) is 3.27. The van der Waals surface area contributed by atoms with Crippen molar-refractivity contribution in [2.45, 2.75) is 6.92 Å². The van der Waals surface area contributed by atoms with E-state index in [-0.39, 0.29) is 0 Å². The number of aromatic nitrogens is 2. The van der Waals surface area contributed by atoms with Crippen molar-refractivity contribution in [1.29, 1.82) is 0 Å². The second kappa shape index (κ2) is 4.87. The fourth-order valence-electron chi connectivity index (χ4n) is 1.59. The monoisotopic (exact) mass is 248 g/mol. The van der Waals surface area contributed by atoms with Gasteiger partial charge in [-0.3, -0.25) is 4.79 Å². The highest BCUT2D eigenvalue weighted by molar-refractivity contribution is 5.84. The summed E-state index contributed by atoms with van der Waals surface area (Å²) in [5.41, 5.74) is 0.949. The molecule has 1 aromatic carbocycles. The average molecular weight is 248 g/mol. The van der Waals surface area contributed by atoms with Gasteiger partial charge in [0, 0.05) is 6.07 Å². The molecule has 1 aromatic heterocycles. The summed E-state index contributed by atoms with van der Waals surface area (Å²) >= 11 is 0. The molecule has 0 amide bonds. The Bertz CT molecular complexity index is 577. The van der Waals surface area contributed by atoms with Gasteiger partial charge in [-0.1, -0.05) is 5.16 Å². The van der Waals surface area contributed by atoms with Crippen molar-refractivity contribution in [1.82, 2.24) is 10.1 Å². The molecule has 0 aliphatic rings. The molecule has 0 spiro atoms. The molecule has 18 heavy (non-hydrogen) atoms. The second-order valence-corrected chi connectivity index (χ2v) is 3.56. The van der Waals surface area contributed by atoms with Crippen LogP contribution in [-0.4, -0.2) is 30.6 Å². The summed E-state index contributed by atoms with van der Waals surface area (Å²) in [5.74, 6) is 1.74. The number of hydrogen-bond acceptors (Lipinski definition) is 6. The maximum Gasteiger partial charge on any atom is 0.261 e. The molecule has 2 rings (SSSR count). The molecule has 0 saturated heterocycles. The third-order valence-electron chi connectivity index (χ3n) is 2.44. The van der Waals surface area contributed by atoms with Crippen LogP contribution in [0.25, 0.3) is 11.5 Å². The molecule has 0 fully saturated rings. The van der Waals surface area contributed by atoms with Gasteiger partial charge in [-0.2, -0.15) is 4.98 Å². The van der Waals surface area contributed by atoms with E-state index in [1.165, 1.54) is 14.2 Å². The van der Waals surface area contributed by atoms with E-state index in [0.717, 1.165) is 0 Å². The lowest BCUT2D eigenvalue weighted by Gasteiger charge is -2.09. The molecule has 6 nitrogen and oxygen atoms in total. The third-order valence-corrected chi connectivity index (χ3v) is 2.44. The summed E-state index contributed by atoms with van der Waals surface area (Å²) in [4.78, 5) is 15.1. The highest BCUT2D eigenvalue weighted by Gasteiger charge is 2.16. The van der Waals surface area contributed by atoms with Crippen molar-refractivity contribution >= 4 is 6.29 Å². The van der Waals surface area contributed by atoms with Crippen LogP contribution in [0.3, 0.4) is 0 Å². The molecule has 0 aliphatic carbocycles. The van der Waals surface area contributed by atoms with Gasteiger partial charge in [0.25, 0.3) is 5.89 Å². The fourth-order valence-corrected chi connectivity index (χ4v) is 1.59. The van der Waals surface area contributed by atoms with Crippen LogP contribution in [0.4, 0.5) is 0 Å². The van der Waals surface area contributed by atoms with Crippen LogP contribution in [0, 0.1) is 6.92 Å². The summed E-state index contributed by atoms with van der Waals surface area (Å²) in [6, 6.07) is 3.20. The molecule has 2 aromatic rings. The predicted octanol–water partition coefficient (Wildman–Crippen LogP) is 1.87. The molecule has 94 valence electrons. The van der Waals surface area contributed by atoms with Gasteiger partial charge in [-0.05, 0) is 13.0 Å². The highest BCUT2D eigenvalue weighted by atomic mass is 16.5. The molecule has 0 radical (unpaired) electrons. The van der Waals surface area contributed by atoms with Gasteiger partial charge in [-0.15, -0.1) is 0 Å². The van der Waals surface area contributed by atoms with Gasteiger partial charge >= 0.3 is 0 Å². The van der Waals surface area contributed by atoms with E-state index in [4.69, 9.17) is 14.0 Å². The normalized spacial score (nSPS) is 10.2. The van der Waals surface area contributed by atoms with E-state index in [0.29, 0.717) is 40.6 Å². The lowest BCUT2D eigenvalue weighted by Crippen LogP contribution is -1.95. The van der Waals surface area contributed by atoms with Gasteiger partial charge in [0.1, 0.15) is 11.5 Å². The largest absolute Gasteiger partial charge is 0.496 e. The second-order valence-electron chi connectivity index (χ2n) is 3.56. The summed E-state index contributed by atoms with van der Waals surface area (Å²) in [6.45, 7) is 1.71. The minimum Gasteiger partial charge on any atom is -0.496 e. The van der Waals surface area contributed by atoms with Gasteiger partial charge in [-0.25, -0.2) is 0 Å². The zero-order chi connectivity index (χ0) is 13.1. The SMILES string of the molecule is COc1cc(OC)c(-c2nc(C)no2)cc1C=O. The number of rotatable bonds is 4. The van der Waals surface area contributed by atoms with E-state index in [9.17, 15) is 4.79 Å². The molecule has 0 N–H and O–H groups in total. The maximum absolute atomic E-state index is 11.0. The predicted molar refractivity (Wildman–Crippen MR) is 63.0 cm³/mol. The van der Waals surface area contributed by atoms with Crippen molar-refractivity contribution in [3.8, 4) is 23.0 Å². The lowest BCUT2D eigenvalue weighted by atomic mass is 10.1. The van der Waals surface area contributed by atoms with Gasteiger partial charge in [0.15, 0.2) is 12.1 Å². The molecule has 0 bridgehead atoms. The topological polar surface area (TPSA) is 74.5 Å². The van der Waals surface area contributed by atoms with Crippen LogP contribution in [0.15, 0.2) is 16.7 Å². The third kappa shape index (κ3) is 2.04. The molecule has 0 unspecified atom stereocenters. The van der Waals surface area contributed by atoms with Gasteiger partial charge in [0.2, 0.25) is 0 Å².